The summed E-state index contributed by atoms with van der Waals surface area (Å²) in [6.45, 7) is 1.18. The zero-order valence-corrected chi connectivity index (χ0v) is 18.5. The number of carboxylic acids is 1. The summed E-state index contributed by atoms with van der Waals surface area (Å²) in [4.78, 5) is 13.1. The Balaban J connectivity index is 1.31. The molecule has 0 radical (unpaired) electrons. The Morgan fingerprint density at radius 2 is 1.81 bits per heavy atom. The summed E-state index contributed by atoms with van der Waals surface area (Å²) in [5.74, 6) is -0.0767. The van der Waals surface area contributed by atoms with Gasteiger partial charge in [0.15, 0.2) is 0 Å². The van der Waals surface area contributed by atoms with Crippen molar-refractivity contribution in [2.24, 2.45) is 5.92 Å². The summed E-state index contributed by atoms with van der Waals surface area (Å²) in [5.41, 5.74) is 2.15. The molecule has 0 aliphatic heterocycles. The second-order valence-corrected chi connectivity index (χ2v) is 9.24. The number of carbonyl (C=O) groups is 1. The highest BCUT2D eigenvalue weighted by atomic mass is 35.5. The van der Waals surface area contributed by atoms with Crippen molar-refractivity contribution in [3.63, 3.8) is 0 Å². The van der Waals surface area contributed by atoms with E-state index in [0.29, 0.717) is 31.0 Å². The molecule has 1 aliphatic rings. The van der Waals surface area contributed by atoms with Crippen molar-refractivity contribution < 1.29 is 14.6 Å². The molecule has 0 atom stereocenters. The molecule has 2 N–H and O–H groups in total. The SMILES string of the molecule is O=C(O)C1CC(NCc2ccc(Sc3cccc(OCc4ccccc4)c3)cc2Cl)C1. The molecule has 0 spiro atoms. The lowest BCUT2D eigenvalue weighted by molar-refractivity contribution is -0.145. The molecule has 0 heterocycles. The monoisotopic (exact) mass is 453 g/mol. The van der Waals surface area contributed by atoms with Crippen LogP contribution in [0.25, 0.3) is 0 Å². The van der Waals surface area contributed by atoms with Gasteiger partial charge in [-0.3, -0.25) is 4.79 Å². The number of hydrogen-bond donors (Lipinski definition) is 2. The smallest absolute Gasteiger partial charge is 0.306 e. The molecule has 4 nitrogen and oxygen atoms in total. The number of nitrogens with one attached hydrogen (secondary N) is 1. The van der Waals surface area contributed by atoms with Gasteiger partial charge in [-0.25, -0.2) is 0 Å². The molecule has 1 fully saturated rings. The number of hydrogen-bond acceptors (Lipinski definition) is 4. The Hall–Kier alpha value is -2.47. The van der Waals surface area contributed by atoms with E-state index in [1.165, 1.54) is 0 Å². The first-order valence-corrected chi connectivity index (χ1v) is 11.5. The van der Waals surface area contributed by atoms with Crippen molar-refractivity contribution in [2.75, 3.05) is 0 Å². The molecule has 1 aliphatic carbocycles. The van der Waals surface area contributed by atoms with E-state index in [9.17, 15) is 4.79 Å². The average Bonchev–Trinajstić information content (AvgIpc) is 2.73. The van der Waals surface area contributed by atoms with Gasteiger partial charge < -0.3 is 15.2 Å². The lowest BCUT2D eigenvalue weighted by Gasteiger charge is -2.33. The van der Waals surface area contributed by atoms with Gasteiger partial charge in [0.1, 0.15) is 12.4 Å². The third-order valence-corrected chi connectivity index (χ3v) is 6.71. The minimum Gasteiger partial charge on any atom is -0.489 e. The van der Waals surface area contributed by atoms with Crippen LogP contribution in [0, 0.1) is 5.92 Å². The molecule has 3 aromatic rings. The third kappa shape index (κ3) is 6.03. The fourth-order valence-electron chi connectivity index (χ4n) is 3.48. The van der Waals surface area contributed by atoms with Crippen LogP contribution < -0.4 is 10.1 Å². The van der Waals surface area contributed by atoms with Crippen molar-refractivity contribution in [1.82, 2.24) is 5.32 Å². The molecule has 0 aromatic heterocycles. The van der Waals surface area contributed by atoms with Gasteiger partial charge in [0.05, 0.1) is 5.92 Å². The number of carboxylic acid groups (broad SMARTS) is 1. The summed E-state index contributed by atoms with van der Waals surface area (Å²) in [6, 6.07) is 24.5. The van der Waals surface area contributed by atoms with Crippen molar-refractivity contribution in [3.05, 3.63) is 88.9 Å². The first kappa shape index (κ1) is 21.8. The average molecular weight is 454 g/mol. The van der Waals surface area contributed by atoms with Crippen LogP contribution >= 0.6 is 23.4 Å². The largest absolute Gasteiger partial charge is 0.489 e. The van der Waals surface area contributed by atoms with Crippen LogP contribution in [0.15, 0.2) is 82.6 Å². The van der Waals surface area contributed by atoms with Gasteiger partial charge in [-0.05, 0) is 54.3 Å². The predicted octanol–water partition coefficient (Wildman–Crippen LogP) is 6.02. The van der Waals surface area contributed by atoms with Crippen LogP contribution in [0.4, 0.5) is 0 Å². The number of halogens is 1. The minimum absolute atomic E-state index is 0.209. The molecular weight excluding hydrogens is 430 g/mol. The van der Waals surface area contributed by atoms with Crippen molar-refractivity contribution in [2.45, 2.75) is 41.8 Å². The topological polar surface area (TPSA) is 58.6 Å². The highest BCUT2D eigenvalue weighted by Gasteiger charge is 2.33. The molecule has 4 rings (SSSR count). The Morgan fingerprint density at radius 1 is 1.03 bits per heavy atom. The molecule has 0 amide bonds. The maximum absolute atomic E-state index is 10.9. The lowest BCUT2D eigenvalue weighted by atomic mass is 9.80. The minimum atomic E-state index is -0.702. The van der Waals surface area contributed by atoms with E-state index in [1.807, 2.05) is 60.7 Å². The van der Waals surface area contributed by atoms with E-state index in [0.717, 1.165) is 26.7 Å². The van der Waals surface area contributed by atoms with Gasteiger partial charge in [0.25, 0.3) is 0 Å². The lowest BCUT2D eigenvalue weighted by Crippen LogP contribution is -2.43. The molecule has 6 heteroatoms. The summed E-state index contributed by atoms with van der Waals surface area (Å²) in [5, 5.41) is 13.1. The Labute approximate surface area is 191 Å². The first-order chi connectivity index (χ1) is 15.1. The summed E-state index contributed by atoms with van der Waals surface area (Å²) < 4.78 is 5.92. The first-order valence-electron chi connectivity index (χ1n) is 10.3. The van der Waals surface area contributed by atoms with Crippen LogP contribution in [0.1, 0.15) is 24.0 Å². The Bertz CT molecular complexity index is 1040. The zero-order valence-electron chi connectivity index (χ0n) is 17.0. The van der Waals surface area contributed by atoms with E-state index >= 15 is 0 Å². The molecule has 0 unspecified atom stereocenters. The fraction of sp³-hybridized carbons (Fsp3) is 0.240. The fourth-order valence-corrected chi connectivity index (χ4v) is 4.70. The van der Waals surface area contributed by atoms with Gasteiger partial charge in [0, 0.05) is 27.4 Å². The second kappa shape index (κ2) is 10.2. The van der Waals surface area contributed by atoms with Crippen LogP contribution in [0.3, 0.4) is 0 Å². The highest BCUT2D eigenvalue weighted by Crippen LogP contribution is 2.33. The van der Waals surface area contributed by atoms with Crippen LogP contribution in [0.5, 0.6) is 5.75 Å². The van der Waals surface area contributed by atoms with Gasteiger partial charge in [-0.1, -0.05) is 65.8 Å². The van der Waals surface area contributed by atoms with E-state index in [4.69, 9.17) is 21.4 Å². The van der Waals surface area contributed by atoms with Crippen LogP contribution in [0.2, 0.25) is 5.02 Å². The molecule has 31 heavy (non-hydrogen) atoms. The van der Waals surface area contributed by atoms with Gasteiger partial charge >= 0.3 is 5.97 Å². The zero-order chi connectivity index (χ0) is 21.6. The molecule has 0 bridgehead atoms. The maximum atomic E-state index is 10.9. The van der Waals surface area contributed by atoms with Gasteiger partial charge in [-0.15, -0.1) is 0 Å². The van der Waals surface area contributed by atoms with E-state index in [1.54, 1.807) is 11.8 Å². The Morgan fingerprint density at radius 3 is 2.55 bits per heavy atom. The summed E-state index contributed by atoms with van der Waals surface area (Å²) >= 11 is 8.14. The highest BCUT2D eigenvalue weighted by molar-refractivity contribution is 7.99. The number of ether oxygens (including phenoxy) is 1. The van der Waals surface area contributed by atoms with Crippen molar-refractivity contribution in [1.29, 1.82) is 0 Å². The van der Waals surface area contributed by atoms with E-state index in [-0.39, 0.29) is 12.0 Å². The normalized spacial score (nSPS) is 17.7. The number of benzene rings is 3. The number of aliphatic carboxylic acids is 1. The molecule has 3 aromatic carbocycles. The molecule has 160 valence electrons. The van der Waals surface area contributed by atoms with Crippen molar-refractivity contribution in [3.8, 4) is 5.75 Å². The molecule has 1 saturated carbocycles. The predicted molar refractivity (Wildman–Crippen MR) is 124 cm³/mol. The van der Waals surface area contributed by atoms with Crippen LogP contribution in [-0.4, -0.2) is 17.1 Å². The van der Waals surface area contributed by atoms with Crippen molar-refractivity contribution >= 4 is 29.3 Å². The van der Waals surface area contributed by atoms with Crippen LogP contribution in [-0.2, 0) is 17.9 Å². The van der Waals surface area contributed by atoms with E-state index < -0.39 is 5.97 Å². The van der Waals surface area contributed by atoms with Gasteiger partial charge in [0.2, 0.25) is 0 Å². The third-order valence-electron chi connectivity index (χ3n) is 5.38. The summed E-state index contributed by atoms with van der Waals surface area (Å²) in [7, 11) is 0. The quantitative estimate of drug-likeness (QED) is 0.414. The van der Waals surface area contributed by atoms with Gasteiger partial charge in [-0.2, -0.15) is 0 Å². The second-order valence-electron chi connectivity index (χ2n) is 7.69. The van der Waals surface area contributed by atoms with E-state index in [2.05, 4.69) is 17.4 Å². The molecule has 0 saturated heterocycles. The number of rotatable bonds is 9. The Kier molecular flexibility index (Phi) is 7.17. The summed E-state index contributed by atoms with van der Waals surface area (Å²) in [6.07, 6.45) is 1.37. The molecular formula is C25H24ClNO3S. The maximum Gasteiger partial charge on any atom is 0.306 e. The standard InChI is InChI=1S/C25H24ClNO3S/c26-24-14-23(10-9-18(24)15-27-20-11-19(12-20)25(28)29)31-22-8-4-7-21(13-22)30-16-17-5-2-1-3-6-17/h1-10,13-14,19-20,27H,11-12,15-16H2,(H,28,29).